The van der Waals surface area contributed by atoms with Crippen molar-refractivity contribution in [3.05, 3.63) is 40.9 Å². The molecule has 0 aliphatic carbocycles. The number of hydrogen-bond acceptors (Lipinski definition) is 2. The van der Waals surface area contributed by atoms with Crippen LogP contribution in [0.1, 0.15) is 25.3 Å². The standard InChI is InChI=1S/C14H17ClO3/c1-10(2)9-18-12-7-3-5-11(14(12)15)6-4-8-13(16)17/h3,5,7H,1,4,6,8-9H2,2H3,(H,16,17). The Morgan fingerprint density at radius 2 is 2.22 bits per heavy atom. The van der Waals surface area contributed by atoms with Crippen LogP contribution in [0.3, 0.4) is 0 Å². The molecule has 0 amide bonds. The van der Waals surface area contributed by atoms with Crippen molar-refractivity contribution in [2.45, 2.75) is 26.2 Å². The van der Waals surface area contributed by atoms with E-state index >= 15 is 0 Å². The number of rotatable bonds is 7. The fourth-order valence-corrected chi connectivity index (χ4v) is 1.77. The Kier molecular flexibility index (Phi) is 5.72. The second kappa shape index (κ2) is 7.07. The first-order valence-corrected chi connectivity index (χ1v) is 6.15. The number of ether oxygens (including phenoxy) is 1. The Labute approximate surface area is 112 Å². The number of benzene rings is 1. The molecule has 0 saturated heterocycles. The van der Waals surface area contributed by atoms with E-state index in [0.29, 0.717) is 30.2 Å². The average Bonchev–Trinajstić information content (AvgIpc) is 2.29. The van der Waals surface area contributed by atoms with Crippen molar-refractivity contribution in [3.8, 4) is 5.75 Å². The topological polar surface area (TPSA) is 46.5 Å². The van der Waals surface area contributed by atoms with Crippen molar-refractivity contribution in [1.82, 2.24) is 0 Å². The quantitative estimate of drug-likeness (QED) is 0.767. The molecule has 1 N–H and O–H groups in total. The Bertz CT molecular complexity index is 441. The van der Waals surface area contributed by atoms with Gasteiger partial charge in [0, 0.05) is 6.42 Å². The van der Waals surface area contributed by atoms with E-state index < -0.39 is 5.97 Å². The zero-order valence-corrected chi connectivity index (χ0v) is 11.2. The summed E-state index contributed by atoms with van der Waals surface area (Å²) in [6.07, 6.45) is 1.35. The fourth-order valence-electron chi connectivity index (χ4n) is 1.49. The molecule has 0 atom stereocenters. The minimum atomic E-state index is -0.791. The van der Waals surface area contributed by atoms with Gasteiger partial charge in [-0.05, 0) is 37.0 Å². The van der Waals surface area contributed by atoms with Crippen molar-refractivity contribution in [1.29, 1.82) is 0 Å². The van der Waals surface area contributed by atoms with Gasteiger partial charge in [0.2, 0.25) is 0 Å². The number of aryl methyl sites for hydroxylation is 1. The smallest absolute Gasteiger partial charge is 0.303 e. The van der Waals surface area contributed by atoms with Crippen molar-refractivity contribution >= 4 is 17.6 Å². The molecular weight excluding hydrogens is 252 g/mol. The molecule has 1 rings (SSSR count). The highest BCUT2D eigenvalue weighted by molar-refractivity contribution is 6.32. The van der Waals surface area contributed by atoms with E-state index in [1.54, 1.807) is 6.07 Å². The summed E-state index contributed by atoms with van der Waals surface area (Å²) >= 11 is 6.21. The molecule has 0 saturated carbocycles. The van der Waals surface area contributed by atoms with Gasteiger partial charge in [0.05, 0.1) is 5.02 Å². The van der Waals surface area contributed by atoms with Crippen LogP contribution in [0.5, 0.6) is 5.75 Å². The first-order valence-electron chi connectivity index (χ1n) is 5.77. The van der Waals surface area contributed by atoms with Crippen LogP contribution in [0.4, 0.5) is 0 Å². The normalized spacial score (nSPS) is 10.1. The molecule has 0 heterocycles. The molecule has 0 spiro atoms. The fraction of sp³-hybridized carbons (Fsp3) is 0.357. The maximum Gasteiger partial charge on any atom is 0.303 e. The zero-order valence-electron chi connectivity index (χ0n) is 10.4. The van der Waals surface area contributed by atoms with Crippen molar-refractivity contribution in [2.24, 2.45) is 0 Å². The summed E-state index contributed by atoms with van der Waals surface area (Å²) in [5, 5.41) is 9.15. The first-order chi connectivity index (χ1) is 8.50. The van der Waals surface area contributed by atoms with E-state index in [1.165, 1.54) is 0 Å². The lowest BCUT2D eigenvalue weighted by Crippen LogP contribution is -2.00. The van der Waals surface area contributed by atoms with Gasteiger partial charge in [-0.3, -0.25) is 4.79 Å². The van der Waals surface area contributed by atoms with Crippen LogP contribution in [0, 0.1) is 0 Å². The lowest BCUT2D eigenvalue weighted by atomic mass is 10.1. The predicted molar refractivity (Wildman–Crippen MR) is 72.3 cm³/mol. The molecular formula is C14H17ClO3. The average molecular weight is 269 g/mol. The number of hydrogen-bond donors (Lipinski definition) is 1. The van der Waals surface area contributed by atoms with Gasteiger partial charge in [0.1, 0.15) is 12.4 Å². The van der Waals surface area contributed by atoms with Gasteiger partial charge in [-0.1, -0.05) is 30.3 Å². The van der Waals surface area contributed by atoms with Gasteiger partial charge in [-0.15, -0.1) is 0 Å². The predicted octanol–water partition coefficient (Wildman–Crippen LogP) is 3.70. The molecule has 0 fully saturated rings. The van der Waals surface area contributed by atoms with Gasteiger partial charge in [-0.25, -0.2) is 0 Å². The van der Waals surface area contributed by atoms with Crippen LogP contribution in [-0.4, -0.2) is 17.7 Å². The summed E-state index contributed by atoms with van der Waals surface area (Å²) in [7, 11) is 0. The van der Waals surface area contributed by atoms with Crippen molar-refractivity contribution in [2.75, 3.05) is 6.61 Å². The second-order valence-electron chi connectivity index (χ2n) is 4.22. The van der Waals surface area contributed by atoms with Gasteiger partial charge < -0.3 is 9.84 Å². The molecule has 1 aromatic carbocycles. The van der Waals surface area contributed by atoms with E-state index in [9.17, 15) is 4.79 Å². The Morgan fingerprint density at radius 1 is 1.50 bits per heavy atom. The zero-order chi connectivity index (χ0) is 13.5. The van der Waals surface area contributed by atoms with E-state index in [2.05, 4.69) is 6.58 Å². The summed E-state index contributed by atoms with van der Waals surface area (Å²) in [5.74, 6) is -0.173. The molecule has 1 aromatic rings. The van der Waals surface area contributed by atoms with Crippen LogP contribution in [-0.2, 0) is 11.2 Å². The molecule has 0 radical (unpaired) electrons. The van der Waals surface area contributed by atoms with Gasteiger partial charge in [0.25, 0.3) is 0 Å². The molecule has 0 bridgehead atoms. The third-order valence-electron chi connectivity index (χ3n) is 2.35. The van der Waals surface area contributed by atoms with Crippen molar-refractivity contribution < 1.29 is 14.6 Å². The number of carboxylic acids is 1. The van der Waals surface area contributed by atoms with Crippen LogP contribution >= 0.6 is 11.6 Å². The third-order valence-corrected chi connectivity index (χ3v) is 2.78. The summed E-state index contributed by atoms with van der Waals surface area (Å²) in [6, 6.07) is 5.54. The molecule has 98 valence electrons. The molecule has 0 aliphatic heterocycles. The molecule has 0 aromatic heterocycles. The van der Waals surface area contributed by atoms with E-state index in [1.807, 2.05) is 19.1 Å². The third kappa shape index (κ3) is 4.80. The minimum Gasteiger partial charge on any atom is -0.488 e. The lowest BCUT2D eigenvalue weighted by molar-refractivity contribution is -0.137. The van der Waals surface area contributed by atoms with Crippen LogP contribution in [0.15, 0.2) is 30.4 Å². The first kappa shape index (κ1) is 14.6. The highest BCUT2D eigenvalue weighted by Gasteiger charge is 2.08. The summed E-state index contributed by atoms with van der Waals surface area (Å²) < 4.78 is 5.52. The largest absolute Gasteiger partial charge is 0.488 e. The molecule has 0 unspecified atom stereocenters. The highest BCUT2D eigenvalue weighted by atomic mass is 35.5. The van der Waals surface area contributed by atoms with Crippen molar-refractivity contribution in [3.63, 3.8) is 0 Å². The Morgan fingerprint density at radius 3 is 2.83 bits per heavy atom. The van der Waals surface area contributed by atoms with Gasteiger partial charge in [0.15, 0.2) is 0 Å². The Hall–Kier alpha value is -1.48. The Balaban J connectivity index is 2.66. The molecule has 0 aliphatic rings. The van der Waals surface area contributed by atoms with Gasteiger partial charge in [-0.2, -0.15) is 0 Å². The number of aliphatic carboxylic acids is 1. The van der Waals surface area contributed by atoms with Crippen LogP contribution in [0.2, 0.25) is 5.02 Å². The summed E-state index contributed by atoms with van der Waals surface area (Å²) in [6.45, 7) is 6.07. The highest BCUT2D eigenvalue weighted by Crippen LogP contribution is 2.29. The number of carbonyl (C=O) groups is 1. The molecule has 3 nitrogen and oxygen atoms in total. The maximum absolute atomic E-state index is 10.5. The van der Waals surface area contributed by atoms with Gasteiger partial charge >= 0.3 is 5.97 Å². The van der Waals surface area contributed by atoms with E-state index in [-0.39, 0.29) is 6.42 Å². The summed E-state index contributed by atoms with van der Waals surface area (Å²) in [4.78, 5) is 10.5. The van der Waals surface area contributed by atoms with Crippen LogP contribution in [0.25, 0.3) is 0 Å². The summed E-state index contributed by atoms with van der Waals surface area (Å²) in [5.41, 5.74) is 1.83. The number of carboxylic acid groups (broad SMARTS) is 1. The van der Waals surface area contributed by atoms with Crippen LogP contribution < -0.4 is 4.74 Å². The number of halogens is 1. The van der Waals surface area contributed by atoms with E-state index in [4.69, 9.17) is 21.4 Å². The maximum atomic E-state index is 10.5. The SMILES string of the molecule is C=C(C)COc1cccc(CCCC(=O)O)c1Cl. The van der Waals surface area contributed by atoms with E-state index in [0.717, 1.165) is 11.1 Å². The lowest BCUT2D eigenvalue weighted by Gasteiger charge is -2.11. The molecule has 18 heavy (non-hydrogen) atoms. The second-order valence-corrected chi connectivity index (χ2v) is 4.60. The monoisotopic (exact) mass is 268 g/mol. The minimum absolute atomic E-state index is 0.146. The molecule has 4 heteroatoms.